The van der Waals surface area contributed by atoms with E-state index in [2.05, 4.69) is 59.4 Å². The minimum atomic E-state index is 0.182. The molecule has 0 fully saturated rings. The summed E-state index contributed by atoms with van der Waals surface area (Å²) in [4.78, 5) is 1.30. The first-order chi connectivity index (χ1) is 9.65. The molecule has 2 nitrogen and oxygen atoms in total. The van der Waals surface area contributed by atoms with Crippen molar-refractivity contribution < 1.29 is 4.74 Å². The predicted molar refractivity (Wildman–Crippen MR) is 89.9 cm³/mol. The van der Waals surface area contributed by atoms with Crippen molar-refractivity contribution in [1.82, 2.24) is 5.32 Å². The van der Waals surface area contributed by atoms with Gasteiger partial charge in [-0.05, 0) is 54.0 Å². The van der Waals surface area contributed by atoms with Crippen LogP contribution in [-0.4, -0.2) is 13.7 Å². The van der Waals surface area contributed by atoms with E-state index >= 15 is 0 Å². The summed E-state index contributed by atoms with van der Waals surface area (Å²) in [6, 6.07) is 10.8. The van der Waals surface area contributed by atoms with Crippen molar-refractivity contribution >= 4 is 27.3 Å². The number of hydrogen-bond acceptors (Lipinski definition) is 3. The second-order valence-electron chi connectivity index (χ2n) is 4.77. The topological polar surface area (TPSA) is 21.3 Å². The number of aryl methyl sites for hydroxylation is 1. The number of benzene rings is 1. The van der Waals surface area contributed by atoms with Crippen LogP contribution in [0.3, 0.4) is 0 Å². The highest BCUT2D eigenvalue weighted by Gasteiger charge is 2.19. The minimum Gasteiger partial charge on any atom is -0.496 e. The Hall–Kier alpha value is -0.840. The minimum absolute atomic E-state index is 0.182. The van der Waals surface area contributed by atoms with Gasteiger partial charge in [0.05, 0.1) is 16.9 Å². The molecule has 1 aromatic heterocycles. The number of ether oxygens (including phenoxy) is 1. The van der Waals surface area contributed by atoms with Crippen molar-refractivity contribution in [3.05, 3.63) is 50.1 Å². The Labute approximate surface area is 133 Å². The molecule has 1 unspecified atom stereocenters. The van der Waals surface area contributed by atoms with Gasteiger partial charge in [0.2, 0.25) is 0 Å². The molecule has 2 aromatic rings. The Morgan fingerprint density at radius 2 is 2.10 bits per heavy atom. The van der Waals surface area contributed by atoms with Gasteiger partial charge in [-0.3, -0.25) is 0 Å². The van der Waals surface area contributed by atoms with Gasteiger partial charge < -0.3 is 10.1 Å². The van der Waals surface area contributed by atoms with Gasteiger partial charge in [0.15, 0.2) is 0 Å². The van der Waals surface area contributed by atoms with Crippen molar-refractivity contribution in [2.24, 2.45) is 0 Å². The molecule has 0 bridgehead atoms. The summed E-state index contributed by atoms with van der Waals surface area (Å²) in [5.41, 5.74) is 2.45. The molecule has 0 aliphatic heterocycles. The molecule has 0 aliphatic carbocycles. The van der Waals surface area contributed by atoms with Crippen LogP contribution in [0.15, 0.2) is 34.1 Å². The molecule has 0 amide bonds. The quantitative estimate of drug-likeness (QED) is 0.795. The van der Waals surface area contributed by atoms with Crippen molar-refractivity contribution in [2.45, 2.75) is 26.3 Å². The maximum absolute atomic E-state index is 5.54. The first-order valence-electron chi connectivity index (χ1n) is 6.79. The van der Waals surface area contributed by atoms with Gasteiger partial charge in [0.25, 0.3) is 0 Å². The second-order valence-corrected chi connectivity index (χ2v) is 7.27. The Bertz CT molecular complexity index is 567. The van der Waals surface area contributed by atoms with Crippen LogP contribution in [0.1, 0.15) is 35.4 Å². The highest BCUT2D eigenvalue weighted by atomic mass is 79.9. The third-order valence-electron chi connectivity index (χ3n) is 3.17. The fourth-order valence-corrected chi connectivity index (χ4v) is 3.73. The number of hydrogen-bond donors (Lipinski definition) is 1. The Balaban J connectivity index is 2.42. The first kappa shape index (κ1) is 15.5. The third-order valence-corrected chi connectivity index (χ3v) is 4.86. The molecule has 0 saturated heterocycles. The zero-order valence-corrected chi connectivity index (χ0v) is 14.5. The lowest BCUT2D eigenvalue weighted by Gasteiger charge is -2.20. The number of rotatable bonds is 6. The largest absolute Gasteiger partial charge is 0.496 e. The summed E-state index contributed by atoms with van der Waals surface area (Å²) in [6.45, 7) is 5.28. The molecule has 0 radical (unpaired) electrons. The lowest BCUT2D eigenvalue weighted by atomic mass is 10.0. The third kappa shape index (κ3) is 3.62. The molecule has 1 atom stereocenters. The van der Waals surface area contributed by atoms with Crippen molar-refractivity contribution in [1.29, 1.82) is 0 Å². The molecular formula is C16H20BrNOS. The van der Waals surface area contributed by atoms with E-state index in [-0.39, 0.29) is 6.04 Å². The van der Waals surface area contributed by atoms with Crippen LogP contribution in [-0.2, 0) is 0 Å². The van der Waals surface area contributed by atoms with Crippen molar-refractivity contribution in [2.75, 3.05) is 13.7 Å². The normalized spacial score (nSPS) is 12.4. The molecule has 4 heteroatoms. The van der Waals surface area contributed by atoms with Gasteiger partial charge >= 0.3 is 0 Å². The van der Waals surface area contributed by atoms with E-state index in [1.807, 2.05) is 6.07 Å². The van der Waals surface area contributed by atoms with Gasteiger partial charge in [0, 0.05) is 10.4 Å². The molecule has 20 heavy (non-hydrogen) atoms. The number of halogens is 1. The molecular weight excluding hydrogens is 334 g/mol. The number of methoxy groups -OCH3 is 1. The van der Waals surface area contributed by atoms with Crippen LogP contribution in [0.5, 0.6) is 5.75 Å². The van der Waals surface area contributed by atoms with E-state index in [0.29, 0.717) is 0 Å². The van der Waals surface area contributed by atoms with E-state index in [1.165, 1.54) is 16.0 Å². The fraction of sp³-hybridized carbons (Fsp3) is 0.375. The Kier molecular flexibility index (Phi) is 5.64. The summed E-state index contributed by atoms with van der Waals surface area (Å²) in [5, 5.41) is 3.63. The fourth-order valence-electron chi connectivity index (χ4n) is 2.22. The molecule has 0 spiro atoms. The molecule has 2 rings (SSSR count). The van der Waals surface area contributed by atoms with Crippen molar-refractivity contribution in [3.63, 3.8) is 0 Å². The lowest BCUT2D eigenvalue weighted by molar-refractivity contribution is 0.404. The smallest absolute Gasteiger partial charge is 0.124 e. The second kappa shape index (κ2) is 7.25. The number of nitrogens with one attached hydrogen (secondary N) is 1. The standard InChI is InChI=1S/C16H20BrNOS/c1-4-9-18-16(14-7-8-15(17)20-14)12-10-11(2)5-6-13(12)19-3/h5-8,10,16,18H,4,9H2,1-3H3. The van der Waals surface area contributed by atoms with Gasteiger partial charge in [0.1, 0.15) is 5.75 Å². The SMILES string of the molecule is CCCNC(c1ccc(Br)s1)c1cc(C)ccc1OC. The Morgan fingerprint density at radius 1 is 1.30 bits per heavy atom. The van der Waals surface area contributed by atoms with E-state index in [9.17, 15) is 0 Å². The van der Waals surface area contributed by atoms with Gasteiger partial charge in [-0.15, -0.1) is 11.3 Å². The molecule has 1 N–H and O–H groups in total. The zero-order valence-electron chi connectivity index (χ0n) is 12.1. The van der Waals surface area contributed by atoms with Crippen molar-refractivity contribution in [3.8, 4) is 5.75 Å². The summed E-state index contributed by atoms with van der Waals surface area (Å²) in [7, 11) is 1.73. The van der Waals surface area contributed by atoms with E-state index in [1.54, 1.807) is 18.4 Å². The molecule has 0 aliphatic rings. The lowest BCUT2D eigenvalue weighted by Crippen LogP contribution is -2.23. The summed E-state index contributed by atoms with van der Waals surface area (Å²) >= 11 is 5.32. The summed E-state index contributed by atoms with van der Waals surface area (Å²) < 4.78 is 6.70. The highest BCUT2D eigenvalue weighted by Crippen LogP contribution is 2.35. The van der Waals surface area contributed by atoms with E-state index in [4.69, 9.17) is 4.74 Å². The summed E-state index contributed by atoms with van der Waals surface area (Å²) in [6.07, 6.45) is 1.11. The average molecular weight is 354 g/mol. The van der Waals surface area contributed by atoms with Crippen LogP contribution in [0, 0.1) is 6.92 Å². The predicted octanol–water partition coefficient (Wildman–Crippen LogP) is 4.92. The average Bonchev–Trinajstić information content (AvgIpc) is 2.86. The van der Waals surface area contributed by atoms with Gasteiger partial charge in [-0.2, -0.15) is 0 Å². The maximum Gasteiger partial charge on any atom is 0.124 e. The van der Waals surface area contributed by atoms with Crippen LogP contribution in [0.2, 0.25) is 0 Å². The van der Waals surface area contributed by atoms with Crippen LogP contribution in [0.4, 0.5) is 0 Å². The first-order valence-corrected chi connectivity index (χ1v) is 8.39. The highest BCUT2D eigenvalue weighted by molar-refractivity contribution is 9.11. The van der Waals surface area contributed by atoms with Crippen LogP contribution < -0.4 is 10.1 Å². The summed E-state index contributed by atoms with van der Waals surface area (Å²) in [5.74, 6) is 0.939. The van der Waals surface area contributed by atoms with Gasteiger partial charge in [-0.25, -0.2) is 0 Å². The molecule has 0 saturated carbocycles. The van der Waals surface area contributed by atoms with Gasteiger partial charge in [-0.1, -0.05) is 24.6 Å². The molecule has 1 aromatic carbocycles. The molecule has 108 valence electrons. The molecule has 1 heterocycles. The van der Waals surface area contributed by atoms with Crippen LogP contribution in [0.25, 0.3) is 0 Å². The zero-order chi connectivity index (χ0) is 14.5. The van der Waals surface area contributed by atoms with E-state index < -0.39 is 0 Å². The number of thiophene rings is 1. The Morgan fingerprint density at radius 3 is 2.70 bits per heavy atom. The van der Waals surface area contributed by atoms with E-state index in [0.717, 1.165) is 22.5 Å². The maximum atomic E-state index is 5.54. The monoisotopic (exact) mass is 353 g/mol. The van der Waals surface area contributed by atoms with Crippen LogP contribution >= 0.6 is 27.3 Å².